The predicted octanol–water partition coefficient (Wildman–Crippen LogP) is 0.418. The molecule has 24 heavy (non-hydrogen) atoms. The van der Waals surface area contributed by atoms with Crippen molar-refractivity contribution in [2.45, 2.75) is 29.1 Å². The number of amides is 2. The molecule has 2 amide bonds. The van der Waals surface area contributed by atoms with Gasteiger partial charge in [-0.15, -0.1) is 11.3 Å². The van der Waals surface area contributed by atoms with Crippen molar-refractivity contribution >= 4 is 27.4 Å². The molecule has 1 aromatic rings. The van der Waals surface area contributed by atoms with E-state index in [1.165, 1.54) is 15.6 Å². The first-order chi connectivity index (χ1) is 11.6. The van der Waals surface area contributed by atoms with Gasteiger partial charge in [0.05, 0.1) is 0 Å². The Labute approximate surface area is 145 Å². The smallest absolute Gasteiger partial charge is 0.315 e. The van der Waals surface area contributed by atoms with Crippen LogP contribution in [0.25, 0.3) is 0 Å². The maximum Gasteiger partial charge on any atom is 0.315 e. The summed E-state index contributed by atoms with van der Waals surface area (Å²) in [7, 11) is -3.44. The Hall–Kier alpha value is -1.16. The highest BCUT2D eigenvalue weighted by molar-refractivity contribution is 7.91. The summed E-state index contributed by atoms with van der Waals surface area (Å²) < 4.78 is 27.1. The molecule has 132 valence electrons. The van der Waals surface area contributed by atoms with Crippen LogP contribution in [0.2, 0.25) is 0 Å². The summed E-state index contributed by atoms with van der Waals surface area (Å²) in [6, 6.07) is 3.34. The number of urea groups is 1. The van der Waals surface area contributed by atoms with Crippen molar-refractivity contribution < 1.29 is 13.2 Å². The van der Waals surface area contributed by atoms with Gasteiger partial charge in [-0.2, -0.15) is 4.31 Å². The summed E-state index contributed by atoms with van der Waals surface area (Å²) in [5.41, 5.74) is 0. The fraction of sp³-hybridized carbons (Fsp3) is 0.667. The number of carbonyl (C=O) groups is 1. The minimum atomic E-state index is -3.44. The van der Waals surface area contributed by atoms with Crippen LogP contribution < -0.4 is 16.0 Å². The molecular formula is C15H22N4O3S2. The van der Waals surface area contributed by atoms with E-state index in [-0.39, 0.29) is 18.1 Å². The van der Waals surface area contributed by atoms with Gasteiger partial charge in [0.15, 0.2) is 0 Å². The lowest BCUT2D eigenvalue weighted by atomic mass is 10.1. The van der Waals surface area contributed by atoms with Crippen LogP contribution in [0.4, 0.5) is 4.79 Å². The quantitative estimate of drug-likeness (QED) is 0.716. The van der Waals surface area contributed by atoms with E-state index < -0.39 is 10.0 Å². The maximum atomic E-state index is 12.6. The summed E-state index contributed by atoms with van der Waals surface area (Å²) >= 11 is 1.23. The zero-order chi connectivity index (χ0) is 16.7. The van der Waals surface area contributed by atoms with Gasteiger partial charge >= 0.3 is 6.03 Å². The van der Waals surface area contributed by atoms with Gasteiger partial charge in [0, 0.05) is 38.3 Å². The number of rotatable bonds is 4. The van der Waals surface area contributed by atoms with Crippen LogP contribution >= 0.6 is 11.3 Å². The minimum Gasteiger partial charge on any atom is -0.335 e. The molecule has 1 aromatic heterocycles. The number of nitrogens with one attached hydrogen (secondary N) is 3. The number of nitrogens with zero attached hydrogens (tertiary/aromatic N) is 1. The Morgan fingerprint density at radius 3 is 2.79 bits per heavy atom. The number of sulfonamides is 1. The molecule has 2 saturated heterocycles. The second-order valence-electron chi connectivity index (χ2n) is 6.76. The molecule has 3 heterocycles. The maximum absolute atomic E-state index is 12.6. The van der Waals surface area contributed by atoms with Crippen molar-refractivity contribution in [1.29, 1.82) is 0 Å². The lowest BCUT2D eigenvalue weighted by molar-refractivity contribution is 0.224. The largest absolute Gasteiger partial charge is 0.335 e. The first-order valence-electron chi connectivity index (χ1n) is 8.37. The van der Waals surface area contributed by atoms with Crippen molar-refractivity contribution in [2.24, 2.45) is 11.8 Å². The van der Waals surface area contributed by atoms with Gasteiger partial charge in [-0.25, -0.2) is 13.2 Å². The van der Waals surface area contributed by atoms with Crippen molar-refractivity contribution in [3.63, 3.8) is 0 Å². The molecule has 9 heteroatoms. The monoisotopic (exact) mass is 370 g/mol. The molecule has 1 unspecified atom stereocenters. The molecule has 1 saturated carbocycles. The zero-order valence-electron chi connectivity index (χ0n) is 13.3. The van der Waals surface area contributed by atoms with Crippen LogP contribution in [0.3, 0.4) is 0 Å². The molecule has 0 bridgehead atoms. The van der Waals surface area contributed by atoms with Crippen LogP contribution in [0.15, 0.2) is 21.7 Å². The minimum absolute atomic E-state index is 0.134. The van der Waals surface area contributed by atoms with Gasteiger partial charge in [-0.05, 0) is 36.1 Å². The number of hydrogen-bond acceptors (Lipinski definition) is 5. The SMILES string of the molecule is O=C(NC1[C@H]2CNC[C@@H]12)N[C@@H]1CCCN(S(=O)(=O)c2cccs2)C1. The standard InChI is InChI=1S/C15H22N4O3S2/c20-15(18-14-11-7-16-8-12(11)14)17-10-3-1-5-19(9-10)24(21,22)13-4-2-6-23-13/h2,4,6,10-12,14,16H,1,3,5,7-9H2,(H2,17,18,20)/t10-,11-,12+,14?/m1/s1. The number of hydrogen-bond donors (Lipinski definition) is 3. The molecule has 7 nitrogen and oxygen atoms in total. The zero-order valence-corrected chi connectivity index (χ0v) is 14.9. The summed E-state index contributed by atoms with van der Waals surface area (Å²) in [5, 5.41) is 11.0. The highest BCUT2D eigenvalue weighted by Gasteiger charge is 2.53. The fourth-order valence-corrected chi connectivity index (χ4v) is 6.50. The molecule has 3 fully saturated rings. The van der Waals surface area contributed by atoms with Crippen LogP contribution in [-0.2, 0) is 10.0 Å². The molecular weight excluding hydrogens is 348 g/mol. The van der Waals surface area contributed by atoms with E-state index in [0.29, 0.717) is 29.1 Å². The van der Waals surface area contributed by atoms with Gasteiger partial charge < -0.3 is 16.0 Å². The normalized spacial score (nSPS) is 33.0. The second kappa shape index (κ2) is 6.29. The van der Waals surface area contributed by atoms with E-state index in [1.807, 2.05) is 0 Å². The van der Waals surface area contributed by atoms with E-state index >= 15 is 0 Å². The highest BCUT2D eigenvalue weighted by Crippen LogP contribution is 2.41. The lowest BCUT2D eigenvalue weighted by Gasteiger charge is -2.32. The summed E-state index contributed by atoms with van der Waals surface area (Å²) in [5.74, 6) is 1.13. The first kappa shape index (κ1) is 16.3. The van der Waals surface area contributed by atoms with Crippen molar-refractivity contribution in [3.8, 4) is 0 Å². The topological polar surface area (TPSA) is 90.5 Å². The Morgan fingerprint density at radius 2 is 2.08 bits per heavy atom. The van der Waals surface area contributed by atoms with Gasteiger partial charge in [-0.1, -0.05) is 6.07 Å². The molecule has 4 atom stereocenters. The summed E-state index contributed by atoms with van der Waals surface area (Å²) in [6.45, 7) is 2.81. The molecule has 4 rings (SSSR count). The van der Waals surface area contributed by atoms with Crippen molar-refractivity contribution in [1.82, 2.24) is 20.3 Å². The molecule has 1 aliphatic carbocycles. The lowest BCUT2D eigenvalue weighted by Crippen LogP contribution is -2.52. The number of fused-ring (bicyclic) bond motifs is 1. The fourth-order valence-electron chi connectivity index (χ4n) is 3.83. The van der Waals surface area contributed by atoms with Gasteiger partial charge in [0.25, 0.3) is 10.0 Å². The molecule has 3 aliphatic rings. The van der Waals surface area contributed by atoms with E-state index in [2.05, 4.69) is 16.0 Å². The molecule has 3 N–H and O–H groups in total. The van der Waals surface area contributed by atoms with E-state index in [1.54, 1.807) is 17.5 Å². The molecule has 0 spiro atoms. The third-order valence-electron chi connectivity index (χ3n) is 5.20. The highest BCUT2D eigenvalue weighted by atomic mass is 32.2. The van der Waals surface area contributed by atoms with Crippen LogP contribution in [0.5, 0.6) is 0 Å². The number of piperidine rings is 2. The van der Waals surface area contributed by atoms with Gasteiger partial charge in [-0.3, -0.25) is 0 Å². The number of carbonyl (C=O) groups excluding carboxylic acids is 1. The van der Waals surface area contributed by atoms with Crippen LogP contribution in [0.1, 0.15) is 12.8 Å². The third-order valence-corrected chi connectivity index (χ3v) is 8.44. The second-order valence-corrected chi connectivity index (χ2v) is 9.88. The van der Waals surface area contributed by atoms with Gasteiger partial charge in [0.1, 0.15) is 4.21 Å². The van der Waals surface area contributed by atoms with E-state index in [4.69, 9.17) is 0 Å². The average molecular weight is 371 g/mol. The van der Waals surface area contributed by atoms with Crippen LogP contribution in [0, 0.1) is 11.8 Å². The predicted molar refractivity (Wildman–Crippen MR) is 91.4 cm³/mol. The van der Waals surface area contributed by atoms with E-state index in [9.17, 15) is 13.2 Å². The Bertz CT molecular complexity index is 696. The van der Waals surface area contributed by atoms with Crippen LogP contribution in [-0.4, -0.2) is 57.0 Å². The van der Waals surface area contributed by atoms with Crippen molar-refractivity contribution in [2.75, 3.05) is 26.2 Å². The number of thiophene rings is 1. The average Bonchev–Trinajstić information content (AvgIpc) is 3.02. The summed E-state index contributed by atoms with van der Waals surface area (Å²) in [6.07, 6.45) is 1.57. The summed E-state index contributed by atoms with van der Waals surface area (Å²) in [4.78, 5) is 12.2. The molecule has 0 radical (unpaired) electrons. The molecule has 0 aromatic carbocycles. The van der Waals surface area contributed by atoms with Gasteiger partial charge in [0.2, 0.25) is 0 Å². The Kier molecular flexibility index (Phi) is 4.27. The Morgan fingerprint density at radius 1 is 1.29 bits per heavy atom. The third kappa shape index (κ3) is 3.05. The molecule has 2 aliphatic heterocycles. The first-order valence-corrected chi connectivity index (χ1v) is 10.7. The van der Waals surface area contributed by atoms with Crippen molar-refractivity contribution in [3.05, 3.63) is 17.5 Å². The van der Waals surface area contributed by atoms with E-state index in [0.717, 1.165) is 25.9 Å². The Balaban J connectivity index is 1.32.